The first-order valence-electron chi connectivity index (χ1n) is 3.28. The van der Waals surface area contributed by atoms with E-state index in [4.69, 9.17) is 11.6 Å². The fourth-order valence-corrected chi connectivity index (χ4v) is 1.45. The Balaban J connectivity index is 2.82. The van der Waals surface area contributed by atoms with Gasteiger partial charge in [0.2, 0.25) is 5.28 Å². The molecule has 0 radical (unpaired) electrons. The molecule has 0 N–H and O–H groups in total. The van der Waals surface area contributed by atoms with Gasteiger partial charge < -0.3 is 0 Å². The number of hydrogen-bond donors (Lipinski definition) is 0. The molecule has 1 heterocycles. The lowest BCUT2D eigenvalue weighted by atomic mass is 10.4. The molecule has 72 valence electrons. The SMILES string of the molecule is COS(=O)(=O)Cc1cnc(Cl)nc1. The summed E-state index contributed by atoms with van der Waals surface area (Å²) in [5.74, 6) is -0.249. The van der Waals surface area contributed by atoms with Gasteiger partial charge in [0, 0.05) is 18.0 Å². The maximum atomic E-state index is 10.9. The molecule has 0 bridgehead atoms. The van der Waals surface area contributed by atoms with Crippen LogP contribution in [0.25, 0.3) is 0 Å². The third kappa shape index (κ3) is 3.25. The average molecular weight is 223 g/mol. The second-order valence-corrected chi connectivity index (χ2v) is 4.30. The summed E-state index contributed by atoms with van der Waals surface area (Å²) in [5.41, 5.74) is 0.436. The zero-order chi connectivity index (χ0) is 9.90. The molecule has 1 rings (SSSR count). The molecular formula is C6H7ClN2O3S. The van der Waals surface area contributed by atoms with E-state index in [9.17, 15) is 8.42 Å². The van der Waals surface area contributed by atoms with Gasteiger partial charge in [-0.2, -0.15) is 8.42 Å². The first-order chi connectivity index (χ1) is 6.03. The third-order valence-corrected chi connectivity index (χ3v) is 2.66. The smallest absolute Gasteiger partial charge is 0.271 e. The third-order valence-electron chi connectivity index (χ3n) is 1.27. The summed E-state index contributed by atoms with van der Waals surface area (Å²) in [6.07, 6.45) is 2.68. The van der Waals surface area contributed by atoms with Gasteiger partial charge in [-0.1, -0.05) is 0 Å². The zero-order valence-corrected chi connectivity index (χ0v) is 8.34. The van der Waals surface area contributed by atoms with Crippen LogP contribution in [0.2, 0.25) is 5.28 Å². The van der Waals surface area contributed by atoms with Gasteiger partial charge in [0.05, 0.1) is 7.11 Å². The van der Waals surface area contributed by atoms with Crippen molar-refractivity contribution in [3.05, 3.63) is 23.2 Å². The van der Waals surface area contributed by atoms with E-state index < -0.39 is 10.1 Å². The average Bonchev–Trinajstić information content (AvgIpc) is 2.09. The standard InChI is InChI=1S/C6H7ClN2O3S/c1-12-13(10,11)4-5-2-8-6(7)9-3-5/h2-3H,4H2,1H3. The maximum absolute atomic E-state index is 10.9. The number of nitrogens with zero attached hydrogens (tertiary/aromatic N) is 2. The Bertz CT molecular complexity index is 375. The van der Waals surface area contributed by atoms with Crippen molar-refractivity contribution in [2.45, 2.75) is 5.75 Å². The van der Waals surface area contributed by atoms with Gasteiger partial charge in [-0.05, 0) is 11.6 Å². The quantitative estimate of drug-likeness (QED) is 0.554. The minimum atomic E-state index is -3.51. The molecule has 0 aromatic carbocycles. The van der Waals surface area contributed by atoms with Crippen LogP contribution in [-0.2, 0) is 20.1 Å². The fraction of sp³-hybridized carbons (Fsp3) is 0.333. The summed E-state index contributed by atoms with van der Waals surface area (Å²) in [6, 6.07) is 0. The Labute approximate surface area is 80.9 Å². The second-order valence-electron chi connectivity index (χ2n) is 2.23. The van der Waals surface area contributed by atoms with Crippen molar-refractivity contribution in [3.63, 3.8) is 0 Å². The molecule has 0 saturated carbocycles. The number of rotatable bonds is 3. The highest BCUT2D eigenvalue weighted by Crippen LogP contribution is 2.06. The van der Waals surface area contributed by atoms with Crippen LogP contribution in [0.1, 0.15) is 5.56 Å². The summed E-state index contributed by atoms with van der Waals surface area (Å²) in [6.45, 7) is 0. The lowest BCUT2D eigenvalue weighted by molar-refractivity contribution is 0.397. The van der Waals surface area contributed by atoms with Crippen LogP contribution in [0.3, 0.4) is 0 Å². The van der Waals surface area contributed by atoms with Crippen LogP contribution in [0.15, 0.2) is 12.4 Å². The van der Waals surface area contributed by atoms with E-state index in [-0.39, 0.29) is 11.0 Å². The van der Waals surface area contributed by atoms with Crippen LogP contribution in [-0.4, -0.2) is 25.5 Å². The lowest BCUT2D eigenvalue weighted by Gasteiger charge is -1.99. The minimum absolute atomic E-state index is 0.0820. The highest BCUT2D eigenvalue weighted by molar-refractivity contribution is 7.85. The molecule has 1 aromatic rings. The van der Waals surface area contributed by atoms with E-state index in [1.165, 1.54) is 12.4 Å². The first kappa shape index (κ1) is 10.4. The van der Waals surface area contributed by atoms with E-state index >= 15 is 0 Å². The molecule has 0 saturated heterocycles. The number of halogens is 1. The first-order valence-corrected chi connectivity index (χ1v) is 5.24. The summed E-state index contributed by atoms with van der Waals surface area (Å²) < 4.78 is 26.1. The maximum Gasteiger partial charge on any atom is 0.271 e. The van der Waals surface area contributed by atoms with E-state index in [1.54, 1.807) is 0 Å². The molecule has 0 fully saturated rings. The van der Waals surface area contributed by atoms with Crippen molar-refractivity contribution >= 4 is 21.7 Å². The molecule has 0 aliphatic heterocycles. The van der Waals surface area contributed by atoms with Gasteiger partial charge in [0.15, 0.2) is 0 Å². The van der Waals surface area contributed by atoms with Gasteiger partial charge in [-0.25, -0.2) is 9.97 Å². The zero-order valence-electron chi connectivity index (χ0n) is 6.77. The predicted octanol–water partition coefficient (Wildman–Crippen LogP) is 0.606. The van der Waals surface area contributed by atoms with Gasteiger partial charge in [-0.3, -0.25) is 4.18 Å². The Morgan fingerprint density at radius 1 is 1.46 bits per heavy atom. The Morgan fingerprint density at radius 2 is 2.00 bits per heavy atom. The van der Waals surface area contributed by atoms with E-state index in [0.29, 0.717) is 5.56 Å². The van der Waals surface area contributed by atoms with Crippen molar-refractivity contribution in [2.75, 3.05) is 7.11 Å². The number of aromatic nitrogens is 2. The molecule has 13 heavy (non-hydrogen) atoms. The molecule has 0 unspecified atom stereocenters. The highest BCUT2D eigenvalue weighted by Gasteiger charge is 2.10. The van der Waals surface area contributed by atoms with E-state index in [1.807, 2.05) is 0 Å². The van der Waals surface area contributed by atoms with Crippen LogP contribution < -0.4 is 0 Å². The number of hydrogen-bond acceptors (Lipinski definition) is 5. The molecule has 0 amide bonds. The second kappa shape index (κ2) is 3.99. The summed E-state index contributed by atoms with van der Waals surface area (Å²) in [5, 5.41) is 0.0820. The molecule has 0 aliphatic rings. The molecule has 5 nitrogen and oxygen atoms in total. The van der Waals surface area contributed by atoms with Crippen LogP contribution in [0.5, 0.6) is 0 Å². The summed E-state index contributed by atoms with van der Waals surface area (Å²) in [7, 11) is -2.41. The predicted molar refractivity (Wildman–Crippen MR) is 46.7 cm³/mol. The van der Waals surface area contributed by atoms with Crippen molar-refractivity contribution in [1.29, 1.82) is 0 Å². The Morgan fingerprint density at radius 3 is 2.46 bits per heavy atom. The van der Waals surface area contributed by atoms with E-state index in [2.05, 4.69) is 14.2 Å². The largest absolute Gasteiger partial charge is 0.273 e. The van der Waals surface area contributed by atoms with Gasteiger partial charge >= 0.3 is 0 Å². The van der Waals surface area contributed by atoms with Crippen LogP contribution in [0, 0.1) is 0 Å². The molecule has 7 heteroatoms. The molecule has 0 aliphatic carbocycles. The van der Waals surface area contributed by atoms with Gasteiger partial charge in [0.1, 0.15) is 5.75 Å². The van der Waals surface area contributed by atoms with Crippen LogP contribution in [0.4, 0.5) is 0 Å². The summed E-state index contributed by atoms with van der Waals surface area (Å²) in [4.78, 5) is 7.26. The fourth-order valence-electron chi connectivity index (χ4n) is 0.677. The highest BCUT2D eigenvalue weighted by atomic mass is 35.5. The summed E-state index contributed by atoms with van der Waals surface area (Å²) >= 11 is 5.41. The lowest BCUT2D eigenvalue weighted by Crippen LogP contribution is -2.06. The molecular weight excluding hydrogens is 216 g/mol. The molecule has 0 atom stereocenters. The van der Waals surface area contributed by atoms with Crippen molar-refractivity contribution in [3.8, 4) is 0 Å². The van der Waals surface area contributed by atoms with Gasteiger partial charge in [-0.15, -0.1) is 0 Å². The normalized spacial score (nSPS) is 11.5. The molecule has 0 spiro atoms. The van der Waals surface area contributed by atoms with E-state index in [0.717, 1.165) is 7.11 Å². The van der Waals surface area contributed by atoms with Crippen molar-refractivity contribution in [2.24, 2.45) is 0 Å². The van der Waals surface area contributed by atoms with Gasteiger partial charge in [0.25, 0.3) is 10.1 Å². The Hall–Kier alpha value is -0.720. The van der Waals surface area contributed by atoms with Crippen LogP contribution >= 0.6 is 11.6 Å². The minimum Gasteiger partial charge on any atom is -0.273 e. The molecule has 1 aromatic heterocycles. The monoisotopic (exact) mass is 222 g/mol. The van der Waals surface area contributed by atoms with Crippen molar-refractivity contribution < 1.29 is 12.6 Å². The Kier molecular flexibility index (Phi) is 3.18. The van der Waals surface area contributed by atoms with Crippen molar-refractivity contribution in [1.82, 2.24) is 9.97 Å². The topological polar surface area (TPSA) is 69.2 Å².